The Morgan fingerprint density at radius 3 is 2.47 bits per heavy atom. The molecule has 0 spiro atoms. The van der Waals surface area contributed by atoms with Crippen molar-refractivity contribution >= 4 is 12.1 Å². The maximum atomic E-state index is 11.8. The van der Waals surface area contributed by atoms with Crippen LogP contribution in [0.25, 0.3) is 0 Å². The Labute approximate surface area is 100 Å². The van der Waals surface area contributed by atoms with Gasteiger partial charge in [0.2, 0.25) is 0 Å². The monoisotopic (exact) mass is 245 g/mol. The van der Waals surface area contributed by atoms with E-state index in [0.717, 1.165) is 0 Å². The predicted octanol–water partition coefficient (Wildman–Crippen LogP) is 0.831. The van der Waals surface area contributed by atoms with E-state index in [1.165, 1.54) is 4.90 Å². The van der Waals surface area contributed by atoms with Crippen molar-refractivity contribution in [1.82, 2.24) is 4.90 Å². The van der Waals surface area contributed by atoms with E-state index in [0.29, 0.717) is 13.0 Å². The molecule has 1 rings (SSSR count). The highest BCUT2D eigenvalue weighted by Gasteiger charge is 2.39. The molecular formula is C11H19NO5. The molecular weight excluding hydrogens is 226 g/mol. The Bertz CT molecular complexity index is 309. The number of aliphatic carboxylic acids is 1. The lowest BCUT2D eigenvalue weighted by atomic mass is 10.1. The Kier molecular flexibility index (Phi) is 3.98. The van der Waals surface area contributed by atoms with E-state index in [1.54, 1.807) is 20.8 Å². The fourth-order valence-electron chi connectivity index (χ4n) is 1.81. The molecule has 2 atom stereocenters. The molecule has 1 amide bonds. The minimum absolute atomic E-state index is 0.263. The van der Waals surface area contributed by atoms with Crippen molar-refractivity contribution in [2.24, 2.45) is 0 Å². The zero-order valence-electron chi connectivity index (χ0n) is 10.3. The fourth-order valence-corrected chi connectivity index (χ4v) is 1.81. The highest BCUT2D eigenvalue weighted by molar-refractivity contribution is 5.72. The first-order valence-corrected chi connectivity index (χ1v) is 5.60. The lowest BCUT2D eigenvalue weighted by Crippen LogP contribution is -2.43. The quantitative estimate of drug-likeness (QED) is 0.752. The van der Waals surface area contributed by atoms with Gasteiger partial charge in [-0.2, -0.15) is 0 Å². The Hall–Kier alpha value is -1.30. The Morgan fingerprint density at radius 2 is 2.00 bits per heavy atom. The van der Waals surface area contributed by atoms with E-state index in [1.807, 2.05) is 0 Å². The number of ether oxygens (including phenoxy) is 1. The van der Waals surface area contributed by atoms with Gasteiger partial charge in [-0.05, 0) is 27.2 Å². The molecule has 1 aliphatic heterocycles. The number of carbonyl (C=O) groups is 2. The number of nitrogens with zero attached hydrogens (tertiary/aromatic N) is 1. The first-order valence-electron chi connectivity index (χ1n) is 5.60. The number of likely N-dealkylation sites (tertiary alicyclic amines) is 1. The smallest absolute Gasteiger partial charge is 0.410 e. The summed E-state index contributed by atoms with van der Waals surface area (Å²) in [5.74, 6) is -1.04. The van der Waals surface area contributed by atoms with Gasteiger partial charge in [0.15, 0.2) is 0 Å². The van der Waals surface area contributed by atoms with Crippen LogP contribution in [0.15, 0.2) is 0 Å². The van der Waals surface area contributed by atoms with Crippen LogP contribution in [0, 0.1) is 0 Å². The first-order chi connectivity index (χ1) is 7.70. The molecule has 0 aromatic carbocycles. The van der Waals surface area contributed by atoms with E-state index in [2.05, 4.69) is 0 Å². The van der Waals surface area contributed by atoms with Crippen molar-refractivity contribution < 1.29 is 24.5 Å². The molecule has 6 nitrogen and oxygen atoms in total. The molecule has 0 aliphatic carbocycles. The third-order valence-corrected chi connectivity index (χ3v) is 2.52. The lowest BCUT2D eigenvalue weighted by Gasteiger charge is -2.28. The summed E-state index contributed by atoms with van der Waals surface area (Å²) in [6.07, 6.45) is -1.24. The fraction of sp³-hybridized carbons (Fsp3) is 0.818. The lowest BCUT2D eigenvalue weighted by molar-refractivity contribution is -0.138. The second-order valence-electron chi connectivity index (χ2n) is 5.19. The average molecular weight is 245 g/mol. The van der Waals surface area contributed by atoms with Gasteiger partial charge in [0, 0.05) is 6.54 Å². The summed E-state index contributed by atoms with van der Waals surface area (Å²) in [7, 11) is 0. The zero-order valence-corrected chi connectivity index (χ0v) is 10.3. The molecule has 1 fully saturated rings. The summed E-state index contributed by atoms with van der Waals surface area (Å²) in [5.41, 5.74) is -0.627. The molecule has 0 saturated carbocycles. The van der Waals surface area contributed by atoms with Crippen molar-refractivity contribution in [1.29, 1.82) is 0 Å². The summed E-state index contributed by atoms with van der Waals surface area (Å²) in [6.45, 7) is 5.55. The molecule has 1 aliphatic rings. The molecule has 98 valence electrons. The van der Waals surface area contributed by atoms with Crippen LogP contribution in [0.2, 0.25) is 0 Å². The van der Waals surface area contributed by atoms with Crippen molar-refractivity contribution in [2.75, 3.05) is 6.54 Å². The van der Waals surface area contributed by atoms with Gasteiger partial charge in [-0.3, -0.25) is 4.79 Å². The van der Waals surface area contributed by atoms with E-state index >= 15 is 0 Å². The van der Waals surface area contributed by atoms with Gasteiger partial charge in [0.1, 0.15) is 5.60 Å². The first kappa shape index (κ1) is 13.8. The molecule has 0 unspecified atom stereocenters. The average Bonchev–Trinajstić information content (AvgIpc) is 2.44. The van der Waals surface area contributed by atoms with Crippen LogP contribution < -0.4 is 0 Å². The molecule has 0 aromatic rings. The molecule has 6 heteroatoms. The van der Waals surface area contributed by atoms with Crippen LogP contribution in [-0.2, 0) is 9.53 Å². The van der Waals surface area contributed by atoms with E-state index in [4.69, 9.17) is 9.84 Å². The summed E-state index contributed by atoms with van der Waals surface area (Å²) >= 11 is 0. The van der Waals surface area contributed by atoms with Gasteiger partial charge >= 0.3 is 12.1 Å². The molecule has 0 radical (unpaired) electrons. The van der Waals surface area contributed by atoms with Crippen LogP contribution in [0.4, 0.5) is 4.79 Å². The summed E-state index contributed by atoms with van der Waals surface area (Å²) in [4.78, 5) is 23.8. The van der Waals surface area contributed by atoms with E-state index in [9.17, 15) is 14.7 Å². The van der Waals surface area contributed by atoms with Crippen LogP contribution >= 0.6 is 0 Å². The van der Waals surface area contributed by atoms with Crippen molar-refractivity contribution in [2.45, 2.75) is 51.4 Å². The van der Waals surface area contributed by atoms with Gasteiger partial charge in [-0.1, -0.05) is 0 Å². The Morgan fingerprint density at radius 1 is 1.41 bits per heavy atom. The SMILES string of the molecule is CC(C)(C)OC(=O)N1CC[C@@H](O)[C@H]1CC(=O)O. The third-order valence-electron chi connectivity index (χ3n) is 2.52. The van der Waals surface area contributed by atoms with E-state index in [-0.39, 0.29) is 6.42 Å². The number of carboxylic acid groups (broad SMARTS) is 1. The number of carboxylic acids is 1. The van der Waals surface area contributed by atoms with Gasteiger partial charge in [-0.25, -0.2) is 4.79 Å². The molecule has 0 aromatic heterocycles. The van der Waals surface area contributed by atoms with Crippen LogP contribution in [-0.4, -0.2) is 51.5 Å². The summed E-state index contributed by atoms with van der Waals surface area (Å²) in [6, 6.07) is -0.692. The van der Waals surface area contributed by atoms with E-state index < -0.39 is 29.8 Å². The van der Waals surface area contributed by atoms with Crippen molar-refractivity contribution in [3.05, 3.63) is 0 Å². The highest BCUT2D eigenvalue weighted by atomic mass is 16.6. The largest absolute Gasteiger partial charge is 0.481 e. The topological polar surface area (TPSA) is 87.1 Å². The molecule has 1 saturated heterocycles. The standard InChI is InChI=1S/C11H19NO5/c1-11(2,3)17-10(16)12-5-4-8(13)7(12)6-9(14)15/h7-8,13H,4-6H2,1-3H3,(H,14,15)/t7-,8-/m1/s1. The number of aliphatic hydroxyl groups is 1. The van der Waals surface area contributed by atoms with Gasteiger partial charge in [-0.15, -0.1) is 0 Å². The van der Waals surface area contributed by atoms with Gasteiger partial charge < -0.3 is 19.8 Å². The number of rotatable bonds is 2. The minimum atomic E-state index is -1.04. The predicted molar refractivity (Wildman–Crippen MR) is 59.6 cm³/mol. The number of hydrogen-bond donors (Lipinski definition) is 2. The summed E-state index contributed by atoms with van der Waals surface area (Å²) < 4.78 is 5.16. The van der Waals surface area contributed by atoms with Crippen molar-refractivity contribution in [3.8, 4) is 0 Å². The zero-order chi connectivity index (χ0) is 13.2. The maximum absolute atomic E-state index is 11.8. The number of amides is 1. The summed E-state index contributed by atoms with van der Waals surface area (Å²) in [5, 5.41) is 18.4. The molecule has 2 N–H and O–H groups in total. The van der Waals surface area contributed by atoms with Crippen LogP contribution in [0.1, 0.15) is 33.6 Å². The maximum Gasteiger partial charge on any atom is 0.410 e. The van der Waals surface area contributed by atoms with Crippen LogP contribution in [0.5, 0.6) is 0 Å². The van der Waals surface area contributed by atoms with Gasteiger partial charge in [0.05, 0.1) is 18.6 Å². The van der Waals surface area contributed by atoms with Gasteiger partial charge in [0.25, 0.3) is 0 Å². The van der Waals surface area contributed by atoms with Crippen molar-refractivity contribution in [3.63, 3.8) is 0 Å². The second-order valence-corrected chi connectivity index (χ2v) is 5.19. The molecule has 0 bridgehead atoms. The third kappa shape index (κ3) is 3.89. The highest BCUT2D eigenvalue weighted by Crippen LogP contribution is 2.23. The number of aliphatic hydroxyl groups excluding tert-OH is 1. The molecule has 17 heavy (non-hydrogen) atoms. The number of carbonyl (C=O) groups excluding carboxylic acids is 1. The second kappa shape index (κ2) is 4.91. The molecule has 1 heterocycles. The number of hydrogen-bond acceptors (Lipinski definition) is 4. The normalized spacial score (nSPS) is 24.8. The van der Waals surface area contributed by atoms with Crippen LogP contribution in [0.3, 0.4) is 0 Å². The Balaban J connectivity index is 2.68. The minimum Gasteiger partial charge on any atom is -0.481 e.